The Balaban J connectivity index is 3.04. The van der Waals surface area contributed by atoms with Crippen molar-refractivity contribution in [1.82, 2.24) is 4.72 Å². The maximum absolute atomic E-state index is 12.3. The summed E-state index contributed by atoms with van der Waals surface area (Å²) in [5, 5.41) is 8.76. The Morgan fingerprint density at radius 3 is 2.47 bits per heavy atom. The molecular weight excluding hydrogens is 264 g/mol. The molecule has 5 nitrogen and oxygen atoms in total. The number of anilines is 1. The second-order valence-corrected chi connectivity index (χ2v) is 6.48. The van der Waals surface area contributed by atoms with Gasteiger partial charge in [0.1, 0.15) is 4.90 Å². The van der Waals surface area contributed by atoms with Gasteiger partial charge in [-0.15, -0.1) is 0 Å². The molecule has 0 saturated heterocycles. The van der Waals surface area contributed by atoms with Gasteiger partial charge in [-0.1, -0.05) is 12.1 Å². The minimum atomic E-state index is -3.63. The molecule has 0 spiro atoms. The van der Waals surface area contributed by atoms with Crippen molar-refractivity contribution < 1.29 is 13.5 Å². The number of hydrogen-bond acceptors (Lipinski definition) is 4. The Morgan fingerprint density at radius 1 is 1.32 bits per heavy atom. The van der Waals surface area contributed by atoms with E-state index in [2.05, 4.69) is 4.72 Å². The molecule has 6 heteroatoms. The van der Waals surface area contributed by atoms with Crippen LogP contribution in [0.1, 0.15) is 30.9 Å². The number of nitrogens with one attached hydrogen (secondary N) is 1. The zero-order chi connectivity index (χ0) is 14.6. The van der Waals surface area contributed by atoms with Crippen molar-refractivity contribution in [2.24, 2.45) is 0 Å². The summed E-state index contributed by atoms with van der Waals surface area (Å²) < 4.78 is 27.3. The molecule has 0 bridgehead atoms. The van der Waals surface area contributed by atoms with E-state index in [4.69, 9.17) is 10.8 Å². The van der Waals surface area contributed by atoms with Gasteiger partial charge in [-0.3, -0.25) is 0 Å². The van der Waals surface area contributed by atoms with E-state index < -0.39 is 10.0 Å². The standard InChI is InChI=1S/C13H22N2O3S/c1-9-6-7-10(2)13(12(9)14)19(17,18)15-11(3)5-4-8-16/h6-7,11,15-16H,4-5,8,14H2,1-3H3. The molecule has 1 aromatic carbocycles. The highest BCUT2D eigenvalue weighted by molar-refractivity contribution is 7.89. The third-order valence-corrected chi connectivity index (χ3v) is 4.82. The molecule has 4 N–H and O–H groups in total. The van der Waals surface area contributed by atoms with E-state index in [0.717, 1.165) is 5.56 Å². The maximum Gasteiger partial charge on any atom is 0.243 e. The number of sulfonamides is 1. The smallest absolute Gasteiger partial charge is 0.243 e. The summed E-state index contributed by atoms with van der Waals surface area (Å²) in [5.41, 5.74) is 7.55. The van der Waals surface area contributed by atoms with Gasteiger partial charge in [0, 0.05) is 12.6 Å². The van der Waals surface area contributed by atoms with Crippen LogP contribution in [0.5, 0.6) is 0 Å². The lowest BCUT2D eigenvalue weighted by Crippen LogP contribution is -2.33. The van der Waals surface area contributed by atoms with Crippen LogP contribution in [0.15, 0.2) is 17.0 Å². The molecule has 19 heavy (non-hydrogen) atoms. The second kappa shape index (κ2) is 6.36. The number of hydrogen-bond donors (Lipinski definition) is 3. The van der Waals surface area contributed by atoms with E-state index in [0.29, 0.717) is 24.1 Å². The van der Waals surface area contributed by atoms with E-state index in [1.54, 1.807) is 32.9 Å². The van der Waals surface area contributed by atoms with Gasteiger partial charge in [-0.25, -0.2) is 13.1 Å². The van der Waals surface area contributed by atoms with Gasteiger partial charge in [0.25, 0.3) is 0 Å². The van der Waals surface area contributed by atoms with E-state index in [1.165, 1.54) is 0 Å². The van der Waals surface area contributed by atoms with Crippen LogP contribution in [0.25, 0.3) is 0 Å². The molecule has 0 aliphatic rings. The zero-order valence-electron chi connectivity index (χ0n) is 11.6. The summed E-state index contributed by atoms with van der Waals surface area (Å²) in [6.45, 7) is 5.33. The average molecular weight is 286 g/mol. The van der Waals surface area contributed by atoms with Crippen molar-refractivity contribution in [3.05, 3.63) is 23.3 Å². The first-order valence-corrected chi connectivity index (χ1v) is 7.76. The lowest BCUT2D eigenvalue weighted by Gasteiger charge is -2.17. The molecule has 0 aliphatic carbocycles. The minimum Gasteiger partial charge on any atom is -0.397 e. The lowest BCUT2D eigenvalue weighted by molar-refractivity contribution is 0.279. The molecule has 0 aliphatic heterocycles. The van der Waals surface area contributed by atoms with Crippen molar-refractivity contribution in [1.29, 1.82) is 0 Å². The summed E-state index contributed by atoms with van der Waals surface area (Å²) >= 11 is 0. The average Bonchev–Trinajstić information content (AvgIpc) is 2.31. The molecule has 0 heterocycles. The van der Waals surface area contributed by atoms with Crippen molar-refractivity contribution in [3.63, 3.8) is 0 Å². The summed E-state index contributed by atoms with van der Waals surface area (Å²) in [4.78, 5) is 0.156. The maximum atomic E-state index is 12.3. The van der Waals surface area contributed by atoms with Gasteiger partial charge in [0.05, 0.1) is 5.69 Å². The van der Waals surface area contributed by atoms with Crippen molar-refractivity contribution in [2.75, 3.05) is 12.3 Å². The number of aryl methyl sites for hydroxylation is 2. The fraction of sp³-hybridized carbons (Fsp3) is 0.538. The minimum absolute atomic E-state index is 0.0533. The van der Waals surface area contributed by atoms with Crippen LogP contribution < -0.4 is 10.5 Å². The predicted molar refractivity (Wildman–Crippen MR) is 76.4 cm³/mol. The molecular formula is C13H22N2O3S. The predicted octanol–water partition coefficient (Wildman–Crippen LogP) is 1.32. The summed E-state index contributed by atoms with van der Waals surface area (Å²) in [6, 6.07) is 3.31. The highest BCUT2D eigenvalue weighted by atomic mass is 32.2. The van der Waals surface area contributed by atoms with Gasteiger partial charge >= 0.3 is 0 Å². The Bertz CT molecular complexity index is 541. The molecule has 1 rings (SSSR count). The van der Waals surface area contributed by atoms with E-state index in [9.17, 15) is 8.42 Å². The normalized spacial score (nSPS) is 13.5. The van der Waals surface area contributed by atoms with Crippen LogP contribution in [0.2, 0.25) is 0 Å². The second-order valence-electron chi connectivity index (χ2n) is 4.83. The van der Waals surface area contributed by atoms with Gasteiger partial charge in [0.2, 0.25) is 10.0 Å². The first-order chi connectivity index (χ1) is 8.79. The van der Waals surface area contributed by atoms with Crippen molar-refractivity contribution in [3.8, 4) is 0 Å². The van der Waals surface area contributed by atoms with E-state index in [-0.39, 0.29) is 17.5 Å². The molecule has 1 unspecified atom stereocenters. The van der Waals surface area contributed by atoms with Crippen LogP contribution in [0.3, 0.4) is 0 Å². The molecule has 108 valence electrons. The number of aliphatic hydroxyl groups excluding tert-OH is 1. The van der Waals surface area contributed by atoms with Crippen LogP contribution in [0.4, 0.5) is 5.69 Å². The van der Waals surface area contributed by atoms with Crippen molar-refractivity contribution >= 4 is 15.7 Å². The number of nitrogen functional groups attached to an aromatic ring is 1. The van der Waals surface area contributed by atoms with Gasteiger partial charge in [-0.05, 0) is 44.7 Å². The Morgan fingerprint density at radius 2 is 1.89 bits per heavy atom. The monoisotopic (exact) mass is 286 g/mol. The molecule has 1 atom stereocenters. The van der Waals surface area contributed by atoms with Crippen molar-refractivity contribution in [2.45, 2.75) is 44.6 Å². The number of benzene rings is 1. The molecule has 0 radical (unpaired) electrons. The first kappa shape index (κ1) is 15.9. The summed E-state index contributed by atoms with van der Waals surface area (Å²) in [7, 11) is -3.63. The fourth-order valence-corrected chi connectivity index (χ4v) is 3.65. The van der Waals surface area contributed by atoms with Crippen LogP contribution in [0, 0.1) is 13.8 Å². The molecule has 0 saturated carbocycles. The number of aliphatic hydroxyl groups is 1. The molecule has 1 aromatic rings. The Hall–Kier alpha value is -1.11. The highest BCUT2D eigenvalue weighted by Crippen LogP contribution is 2.26. The van der Waals surface area contributed by atoms with Crippen LogP contribution in [-0.2, 0) is 10.0 Å². The van der Waals surface area contributed by atoms with Gasteiger partial charge in [-0.2, -0.15) is 0 Å². The molecule has 0 aromatic heterocycles. The van der Waals surface area contributed by atoms with Gasteiger partial charge < -0.3 is 10.8 Å². The summed E-state index contributed by atoms with van der Waals surface area (Å²) in [5.74, 6) is 0. The quantitative estimate of drug-likeness (QED) is 0.688. The molecule has 0 amide bonds. The SMILES string of the molecule is Cc1ccc(C)c(S(=O)(=O)NC(C)CCCO)c1N. The van der Waals surface area contributed by atoms with Crippen LogP contribution in [-0.4, -0.2) is 26.2 Å². The van der Waals surface area contributed by atoms with Crippen LogP contribution >= 0.6 is 0 Å². The van der Waals surface area contributed by atoms with E-state index >= 15 is 0 Å². The Labute approximate surface area is 114 Å². The Kier molecular flexibility index (Phi) is 5.34. The summed E-state index contributed by atoms with van der Waals surface area (Å²) in [6.07, 6.45) is 1.15. The third-order valence-electron chi connectivity index (χ3n) is 3.03. The number of nitrogens with two attached hydrogens (primary N) is 1. The number of rotatable bonds is 6. The lowest BCUT2D eigenvalue weighted by atomic mass is 10.1. The third kappa shape index (κ3) is 3.92. The largest absolute Gasteiger partial charge is 0.397 e. The zero-order valence-corrected chi connectivity index (χ0v) is 12.4. The fourth-order valence-electron chi connectivity index (χ4n) is 1.94. The van der Waals surface area contributed by atoms with E-state index in [1.807, 2.05) is 0 Å². The first-order valence-electron chi connectivity index (χ1n) is 6.28. The molecule has 0 fully saturated rings. The highest BCUT2D eigenvalue weighted by Gasteiger charge is 2.22. The topological polar surface area (TPSA) is 92.4 Å². The van der Waals surface area contributed by atoms with Gasteiger partial charge in [0.15, 0.2) is 0 Å².